The van der Waals surface area contributed by atoms with Crippen LogP contribution in [0.4, 0.5) is 0 Å². The number of aliphatic carboxylic acids is 2. The largest absolute Gasteiger partial charge is 1.00 e. The predicted molar refractivity (Wildman–Crippen MR) is 33.0 cm³/mol. The summed E-state index contributed by atoms with van der Waals surface area (Å²) in [6, 6.07) is 0. The summed E-state index contributed by atoms with van der Waals surface area (Å²) in [6.45, 7) is 10.8. The van der Waals surface area contributed by atoms with E-state index in [-0.39, 0.29) is 103 Å². The zero-order valence-corrected chi connectivity index (χ0v) is 14.2. The number of carboxylic acid groups (broad SMARTS) is 2. The zero-order valence-electron chi connectivity index (χ0n) is 7.94. The van der Waals surface area contributed by atoms with Gasteiger partial charge in [-0.3, -0.25) is 0 Å². The van der Waals surface area contributed by atoms with Crippen LogP contribution in [-0.4, -0.2) is 25.0 Å². The Bertz CT molecular complexity index is 217. The van der Waals surface area contributed by atoms with E-state index in [1.165, 1.54) is 0 Å². The molecule has 0 saturated heterocycles. The summed E-state index contributed by atoms with van der Waals surface area (Å²) in [7, 11) is 0. The van der Waals surface area contributed by atoms with E-state index in [9.17, 15) is 19.8 Å². The van der Waals surface area contributed by atoms with Crippen molar-refractivity contribution in [3.8, 4) is 0 Å². The minimum Gasteiger partial charge on any atom is -0.543 e. The van der Waals surface area contributed by atoms with Crippen LogP contribution < -0.4 is 113 Å². The molecule has 0 aliphatic heterocycles. The molecule has 0 unspecified atom stereocenters. The SMILES string of the molecule is [C-]#[N+]CC(=O)[O-].[C-]#[N+]CC(=O)[O-].[K+].[K+]. The fourth-order valence-electron chi connectivity index (χ4n) is 0.129. The number of carbonyl (C=O) groups is 2. The van der Waals surface area contributed by atoms with Crippen molar-refractivity contribution in [1.82, 2.24) is 0 Å². The standard InChI is InChI=1S/2C3H3NO2.2K/c2*1-4-2-3(5)6;;/h2*2H2,(H,5,6);;/q;;2*+1/p-2. The van der Waals surface area contributed by atoms with Crippen LogP contribution in [0.15, 0.2) is 0 Å². The third-order valence-corrected chi connectivity index (χ3v) is 0.416. The maximum Gasteiger partial charge on any atom is 1.00 e. The van der Waals surface area contributed by atoms with Gasteiger partial charge in [0.1, 0.15) is 11.9 Å². The van der Waals surface area contributed by atoms with Gasteiger partial charge in [0.05, 0.1) is 0 Å². The second kappa shape index (κ2) is 19.7. The van der Waals surface area contributed by atoms with Gasteiger partial charge in [0.25, 0.3) is 13.1 Å². The van der Waals surface area contributed by atoms with E-state index in [0.717, 1.165) is 0 Å². The first kappa shape index (κ1) is 24.4. The second-order valence-corrected chi connectivity index (χ2v) is 1.38. The number of hydrogen-bond donors (Lipinski definition) is 0. The summed E-state index contributed by atoms with van der Waals surface area (Å²) in [5, 5.41) is 18.5. The Morgan fingerprint density at radius 1 is 0.929 bits per heavy atom. The smallest absolute Gasteiger partial charge is 0.543 e. The third-order valence-electron chi connectivity index (χ3n) is 0.416. The van der Waals surface area contributed by atoms with Crippen LogP contribution in [0, 0.1) is 13.1 Å². The van der Waals surface area contributed by atoms with Gasteiger partial charge in [-0.05, 0) is 0 Å². The van der Waals surface area contributed by atoms with Crippen molar-refractivity contribution in [2.24, 2.45) is 0 Å². The Hall–Kier alpha value is 1.19. The Balaban J connectivity index is -0.0000000625. The molecule has 0 spiro atoms. The van der Waals surface area contributed by atoms with Crippen molar-refractivity contribution >= 4 is 11.9 Å². The summed E-state index contributed by atoms with van der Waals surface area (Å²) in [4.78, 5) is 23.6. The van der Waals surface area contributed by atoms with Gasteiger partial charge in [-0.1, -0.05) is 0 Å². The molecule has 0 amide bonds. The zero-order chi connectivity index (χ0) is 9.98. The first-order valence-corrected chi connectivity index (χ1v) is 2.60. The predicted octanol–water partition coefficient (Wildman–Crippen LogP) is -8.68. The molecular weight excluding hydrogens is 242 g/mol. The van der Waals surface area contributed by atoms with Gasteiger partial charge in [-0.25, -0.2) is 13.1 Å². The maximum absolute atomic E-state index is 9.27. The van der Waals surface area contributed by atoms with Crippen molar-refractivity contribution in [2.45, 2.75) is 0 Å². The molecule has 0 aromatic rings. The van der Waals surface area contributed by atoms with E-state index in [0.29, 0.717) is 0 Å². The topological polar surface area (TPSA) is 89.0 Å². The van der Waals surface area contributed by atoms with E-state index in [2.05, 4.69) is 9.69 Å². The van der Waals surface area contributed by atoms with Crippen molar-refractivity contribution in [3.05, 3.63) is 22.8 Å². The summed E-state index contributed by atoms with van der Waals surface area (Å²) in [5.41, 5.74) is 0. The van der Waals surface area contributed by atoms with Crippen LogP contribution in [0.3, 0.4) is 0 Å². The van der Waals surface area contributed by atoms with E-state index in [1.54, 1.807) is 0 Å². The Morgan fingerprint density at radius 3 is 1.14 bits per heavy atom. The number of carboxylic acids is 2. The fourth-order valence-corrected chi connectivity index (χ4v) is 0.129. The van der Waals surface area contributed by atoms with Gasteiger partial charge in [0.15, 0.2) is 0 Å². The molecule has 0 radical (unpaired) electrons. The minimum atomic E-state index is -1.31. The van der Waals surface area contributed by atoms with Crippen molar-refractivity contribution in [1.29, 1.82) is 0 Å². The van der Waals surface area contributed by atoms with Gasteiger partial charge >= 0.3 is 103 Å². The molecule has 0 fully saturated rings. The molecule has 0 N–H and O–H groups in total. The summed E-state index contributed by atoms with van der Waals surface area (Å²) in [6.07, 6.45) is 0. The minimum absolute atomic E-state index is 0. The van der Waals surface area contributed by atoms with Crippen LogP contribution in [-0.2, 0) is 9.59 Å². The first-order valence-electron chi connectivity index (χ1n) is 2.60. The molecule has 0 rings (SSSR count). The third kappa shape index (κ3) is 37.9. The number of hydrogen-bond acceptors (Lipinski definition) is 4. The van der Waals surface area contributed by atoms with Gasteiger partial charge in [-0.2, -0.15) is 0 Å². The molecule has 8 heteroatoms. The molecule has 64 valence electrons. The van der Waals surface area contributed by atoms with Crippen molar-refractivity contribution in [2.75, 3.05) is 13.1 Å². The molecule has 14 heavy (non-hydrogen) atoms. The van der Waals surface area contributed by atoms with Crippen LogP contribution >= 0.6 is 0 Å². The molecule has 0 aliphatic rings. The first-order chi connectivity index (χ1) is 5.54. The fraction of sp³-hybridized carbons (Fsp3) is 0.333. The molecule has 0 bridgehead atoms. The molecule has 0 atom stereocenters. The molecule has 0 aromatic carbocycles. The molecule has 0 saturated carbocycles. The normalized spacial score (nSPS) is 5.57. The van der Waals surface area contributed by atoms with Crippen LogP contribution in [0.5, 0.6) is 0 Å². The Kier molecular flexibility index (Phi) is 34.4. The molecule has 0 heterocycles. The number of rotatable bonds is 2. The van der Waals surface area contributed by atoms with Gasteiger partial charge in [0, 0.05) is 0 Å². The Labute approximate surface area is 167 Å². The average molecular weight is 246 g/mol. The van der Waals surface area contributed by atoms with Crippen molar-refractivity contribution < 1.29 is 123 Å². The quantitative estimate of drug-likeness (QED) is 0.357. The van der Waals surface area contributed by atoms with Gasteiger partial charge < -0.3 is 29.5 Å². The number of nitrogens with zero attached hydrogens (tertiary/aromatic N) is 2. The van der Waals surface area contributed by atoms with Crippen LogP contribution in [0.25, 0.3) is 9.69 Å². The average Bonchev–Trinajstić information content (AvgIpc) is 1.87. The van der Waals surface area contributed by atoms with Crippen LogP contribution in [0.1, 0.15) is 0 Å². The monoisotopic (exact) mass is 246 g/mol. The van der Waals surface area contributed by atoms with E-state index in [4.69, 9.17) is 13.1 Å². The summed E-state index contributed by atoms with van der Waals surface area (Å²) >= 11 is 0. The summed E-state index contributed by atoms with van der Waals surface area (Å²) < 4.78 is 0. The molecule has 6 nitrogen and oxygen atoms in total. The van der Waals surface area contributed by atoms with E-state index in [1.807, 2.05) is 0 Å². The second-order valence-electron chi connectivity index (χ2n) is 1.38. The molecule has 0 aliphatic carbocycles. The van der Waals surface area contributed by atoms with E-state index < -0.39 is 25.0 Å². The van der Waals surface area contributed by atoms with Gasteiger partial charge in [-0.15, -0.1) is 0 Å². The Morgan fingerprint density at radius 2 is 1.14 bits per heavy atom. The number of carbonyl (C=O) groups excluding carboxylic acids is 2. The van der Waals surface area contributed by atoms with Crippen LogP contribution in [0.2, 0.25) is 0 Å². The van der Waals surface area contributed by atoms with E-state index >= 15 is 0 Å². The molecular formula is C6H4K2N2O4. The van der Waals surface area contributed by atoms with Gasteiger partial charge in [0.2, 0.25) is 0 Å². The molecule has 0 aromatic heterocycles. The summed E-state index contributed by atoms with van der Waals surface area (Å²) in [5.74, 6) is -2.63. The maximum atomic E-state index is 9.27. The van der Waals surface area contributed by atoms with Crippen molar-refractivity contribution in [3.63, 3.8) is 0 Å².